The van der Waals surface area contributed by atoms with E-state index in [-0.39, 0.29) is 11.5 Å². The van der Waals surface area contributed by atoms with E-state index in [4.69, 9.17) is 14.2 Å². The maximum absolute atomic E-state index is 6.56. The molecule has 2 fully saturated rings. The average Bonchev–Trinajstić information content (AvgIpc) is 3.41. The van der Waals surface area contributed by atoms with Crippen LogP contribution < -0.4 is 9.47 Å². The van der Waals surface area contributed by atoms with E-state index in [0.717, 1.165) is 42.6 Å². The Labute approximate surface area is 154 Å². The van der Waals surface area contributed by atoms with Crippen LogP contribution in [0.3, 0.4) is 0 Å². The number of piperidine rings is 1. The number of hydrogen-bond acceptors (Lipinski definition) is 4. The molecule has 2 aliphatic heterocycles. The van der Waals surface area contributed by atoms with Crippen molar-refractivity contribution in [2.45, 2.75) is 43.2 Å². The summed E-state index contributed by atoms with van der Waals surface area (Å²) in [6.07, 6.45) is 9.41. The molecule has 1 saturated carbocycles. The molecule has 2 bridgehead atoms. The van der Waals surface area contributed by atoms with Crippen LogP contribution in [0.4, 0.5) is 0 Å². The summed E-state index contributed by atoms with van der Waals surface area (Å²) in [5, 5.41) is 0. The number of hydrogen-bond donors (Lipinski definition) is 0. The topological polar surface area (TPSA) is 30.9 Å². The summed E-state index contributed by atoms with van der Waals surface area (Å²) in [6, 6.07) is 4.84. The summed E-state index contributed by atoms with van der Waals surface area (Å²) < 4.78 is 17.9. The number of methoxy groups -OCH3 is 2. The van der Waals surface area contributed by atoms with Crippen molar-refractivity contribution in [2.75, 3.05) is 27.3 Å². The Morgan fingerprint density at radius 1 is 1.19 bits per heavy atom. The quantitative estimate of drug-likeness (QED) is 0.834. The van der Waals surface area contributed by atoms with Gasteiger partial charge in [0.1, 0.15) is 5.76 Å². The molecule has 0 radical (unpaired) electrons. The summed E-state index contributed by atoms with van der Waals surface area (Å²) in [5.74, 6) is 3.65. The van der Waals surface area contributed by atoms with Crippen LogP contribution >= 0.6 is 0 Å². The third-order valence-corrected chi connectivity index (χ3v) is 7.19. The van der Waals surface area contributed by atoms with Crippen LogP contribution in [0.15, 0.2) is 35.6 Å². The van der Waals surface area contributed by atoms with Crippen LogP contribution in [0.5, 0.6) is 11.5 Å². The fraction of sp³-hybridized carbons (Fsp3) is 0.545. The van der Waals surface area contributed by atoms with Crippen LogP contribution in [0, 0.1) is 5.92 Å². The van der Waals surface area contributed by atoms with Gasteiger partial charge in [-0.1, -0.05) is 12.1 Å². The molecule has 1 saturated heterocycles. The van der Waals surface area contributed by atoms with E-state index in [1.54, 1.807) is 14.2 Å². The van der Waals surface area contributed by atoms with Gasteiger partial charge in [0, 0.05) is 24.7 Å². The van der Waals surface area contributed by atoms with Crippen LogP contribution in [-0.2, 0) is 16.6 Å². The minimum absolute atomic E-state index is 0.0524. The van der Waals surface area contributed by atoms with Crippen molar-refractivity contribution in [3.63, 3.8) is 0 Å². The average molecular weight is 351 g/mol. The maximum atomic E-state index is 6.56. The van der Waals surface area contributed by atoms with Gasteiger partial charge in [-0.15, -0.1) is 0 Å². The van der Waals surface area contributed by atoms with E-state index < -0.39 is 0 Å². The lowest BCUT2D eigenvalue weighted by Gasteiger charge is -2.53. The number of nitrogens with zero attached hydrogens (tertiary/aromatic N) is 1. The van der Waals surface area contributed by atoms with Crippen LogP contribution in [0.1, 0.15) is 30.4 Å². The normalized spacial score (nSPS) is 33.8. The first kappa shape index (κ1) is 15.2. The first-order valence-corrected chi connectivity index (χ1v) is 9.83. The van der Waals surface area contributed by atoms with Crippen molar-refractivity contribution in [3.8, 4) is 11.5 Å². The van der Waals surface area contributed by atoms with E-state index in [2.05, 4.69) is 29.2 Å². The smallest absolute Gasteiger partial charge is 0.169 e. The van der Waals surface area contributed by atoms with Gasteiger partial charge in [-0.2, -0.15) is 0 Å². The van der Waals surface area contributed by atoms with Gasteiger partial charge in [0.2, 0.25) is 0 Å². The fourth-order valence-electron chi connectivity index (χ4n) is 5.85. The molecule has 1 aromatic carbocycles. The number of likely N-dealkylation sites (tertiary alicyclic amines) is 1. The second-order valence-electron chi connectivity index (χ2n) is 8.40. The predicted molar refractivity (Wildman–Crippen MR) is 98.7 cm³/mol. The van der Waals surface area contributed by atoms with Crippen molar-refractivity contribution >= 4 is 0 Å². The minimum atomic E-state index is -0.0672. The van der Waals surface area contributed by atoms with Crippen molar-refractivity contribution in [2.24, 2.45) is 5.92 Å². The lowest BCUT2D eigenvalue weighted by molar-refractivity contribution is 0.0624. The van der Waals surface area contributed by atoms with Gasteiger partial charge < -0.3 is 14.2 Å². The second kappa shape index (κ2) is 5.07. The number of ether oxygens (including phenoxy) is 3. The highest BCUT2D eigenvalue weighted by atomic mass is 16.6. The fourth-order valence-corrected chi connectivity index (χ4v) is 5.85. The zero-order chi connectivity index (χ0) is 17.5. The van der Waals surface area contributed by atoms with E-state index >= 15 is 0 Å². The summed E-state index contributed by atoms with van der Waals surface area (Å²) in [4.78, 5) is 2.74. The summed E-state index contributed by atoms with van der Waals surface area (Å²) >= 11 is 0. The third-order valence-electron chi connectivity index (χ3n) is 7.19. The largest absolute Gasteiger partial charge is 0.497 e. The van der Waals surface area contributed by atoms with Crippen LogP contribution in [-0.4, -0.2) is 44.4 Å². The van der Waals surface area contributed by atoms with Crippen molar-refractivity contribution in [3.05, 3.63) is 46.7 Å². The molecule has 0 aromatic heterocycles. The molecule has 4 heteroatoms. The van der Waals surface area contributed by atoms with Gasteiger partial charge in [-0.05, 0) is 54.9 Å². The highest BCUT2D eigenvalue weighted by Crippen LogP contribution is 2.62. The first-order chi connectivity index (χ1) is 12.8. The highest BCUT2D eigenvalue weighted by molar-refractivity contribution is 5.67. The van der Waals surface area contributed by atoms with E-state index in [9.17, 15) is 0 Å². The Balaban J connectivity index is 1.56. The first-order valence-electron chi connectivity index (χ1n) is 9.83. The van der Waals surface area contributed by atoms with Crippen LogP contribution in [0.2, 0.25) is 0 Å². The Bertz CT molecular complexity index is 853. The van der Waals surface area contributed by atoms with Gasteiger partial charge in [-0.3, -0.25) is 4.90 Å². The molecule has 136 valence electrons. The van der Waals surface area contributed by atoms with Gasteiger partial charge in [0.15, 0.2) is 17.6 Å². The maximum Gasteiger partial charge on any atom is 0.169 e. The lowest BCUT2D eigenvalue weighted by Crippen LogP contribution is -2.59. The van der Waals surface area contributed by atoms with Crippen molar-refractivity contribution < 1.29 is 14.2 Å². The standard InChI is InChI=1S/C22H25NO3/c1-24-17-7-5-14-11-16-15-6-8-18(25-2)21-22(15,19(14)20(17)26-21)9-10-23(16)12-13-3-4-13/h5-8,13,16,21H,3-4,9-12H2,1-2H3/t16-,21?,22+/m0/s1. The molecule has 26 heavy (non-hydrogen) atoms. The molecule has 4 nitrogen and oxygen atoms in total. The van der Waals surface area contributed by atoms with Gasteiger partial charge in [0.05, 0.1) is 19.6 Å². The Morgan fingerprint density at radius 3 is 2.85 bits per heavy atom. The van der Waals surface area contributed by atoms with E-state index in [1.165, 1.54) is 36.1 Å². The van der Waals surface area contributed by atoms with Crippen molar-refractivity contribution in [1.82, 2.24) is 4.90 Å². The monoisotopic (exact) mass is 351 g/mol. The lowest BCUT2D eigenvalue weighted by atomic mass is 9.57. The van der Waals surface area contributed by atoms with Crippen molar-refractivity contribution in [1.29, 1.82) is 0 Å². The molecule has 2 heterocycles. The number of benzene rings is 1. The Morgan fingerprint density at radius 2 is 2.08 bits per heavy atom. The van der Waals surface area contributed by atoms with Gasteiger partial charge in [-0.25, -0.2) is 0 Å². The molecule has 6 rings (SSSR count). The molecule has 0 amide bonds. The summed E-state index contributed by atoms with van der Waals surface area (Å²) in [7, 11) is 3.49. The molecule has 1 unspecified atom stereocenters. The Kier molecular flexibility index (Phi) is 2.95. The van der Waals surface area contributed by atoms with E-state index in [0.29, 0.717) is 6.04 Å². The number of rotatable bonds is 4. The highest BCUT2D eigenvalue weighted by Gasteiger charge is 2.62. The molecule has 0 N–H and O–H groups in total. The predicted octanol–water partition coefficient (Wildman–Crippen LogP) is 3.20. The number of allylic oxidation sites excluding steroid dienone is 2. The van der Waals surface area contributed by atoms with Crippen LogP contribution in [0.25, 0.3) is 0 Å². The third kappa shape index (κ3) is 1.74. The zero-order valence-corrected chi connectivity index (χ0v) is 15.5. The molecule has 1 spiro atoms. The van der Waals surface area contributed by atoms with E-state index in [1.807, 2.05) is 0 Å². The minimum Gasteiger partial charge on any atom is -0.497 e. The zero-order valence-electron chi connectivity index (χ0n) is 15.5. The molecule has 3 aliphatic carbocycles. The summed E-state index contributed by atoms with van der Waals surface area (Å²) in [6.45, 7) is 2.40. The SMILES string of the molecule is COC1=CC=C2[C@@H]3Cc4ccc(OC)c5c4[C@]2(CCN3CC2CC2)C1O5. The molecule has 5 aliphatic rings. The van der Waals surface area contributed by atoms with Gasteiger partial charge in [0.25, 0.3) is 0 Å². The molecule has 3 atom stereocenters. The molecular weight excluding hydrogens is 326 g/mol. The second-order valence-corrected chi connectivity index (χ2v) is 8.40. The Hall–Kier alpha value is -1.94. The van der Waals surface area contributed by atoms with Gasteiger partial charge >= 0.3 is 0 Å². The summed E-state index contributed by atoms with van der Waals surface area (Å²) in [5.41, 5.74) is 4.28. The molecule has 1 aromatic rings. The molecular formula is C22H25NO3.